The summed E-state index contributed by atoms with van der Waals surface area (Å²) in [5.74, 6) is -2.79. The molecule has 2 heterocycles. The van der Waals surface area contributed by atoms with Crippen molar-refractivity contribution in [3.8, 4) is 5.82 Å². The van der Waals surface area contributed by atoms with Crippen LogP contribution in [0.2, 0.25) is 0 Å². The van der Waals surface area contributed by atoms with Crippen LogP contribution in [0.15, 0.2) is 12.3 Å². The molecule has 2 aromatic rings. The molecule has 5 nitrogen and oxygen atoms in total. The predicted molar refractivity (Wildman–Crippen MR) is 62.1 cm³/mol. The van der Waals surface area contributed by atoms with E-state index in [1.807, 2.05) is 0 Å². The van der Waals surface area contributed by atoms with Crippen LogP contribution in [0.25, 0.3) is 5.82 Å². The molecular weight excluding hydrogens is 256 g/mol. The lowest BCUT2D eigenvalue weighted by atomic mass is 10.1. The third-order valence-corrected chi connectivity index (χ3v) is 2.76. The average Bonchev–Trinajstić information content (AvgIpc) is 2.57. The first-order valence-corrected chi connectivity index (χ1v) is 5.48. The third kappa shape index (κ3) is 2.44. The predicted octanol–water partition coefficient (Wildman–Crippen LogP) is 1.79. The second kappa shape index (κ2) is 4.75. The highest BCUT2D eigenvalue weighted by Gasteiger charge is 2.18. The third-order valence-electron chi connectivity index (χ3n) is 2.76. The Bertz CT molecular complexity index is 653. The number of aromatic nitrogens is 3. The molecule has 0 aromatic carbocycles. The number of carboxylic acids is 1. The van der Waals surface area contributed by atoms with Gasteiger partial charge in [0.15, 0.2) is 11.6 Å². The summed E-state index contributed by atoms with van der Waals surface area (Å²) in [6, 6.07) is 0.704. The van der Waals surface area contributed by atoms with Crippen molar-refractivity contribution >= 4 is 5.97 Å². The van der Waals surface area contributed by atoms with Crippen molar-refractivity contribution in [1.82, 2.24) is 14.8 Å². The van der Waals surface area contributed by atoms with Crippen LogP contribution in [0.5, 0.6) is 0 Å². The van der Waals surface area contributed by atoms with Crippen molar-refractivity contribution in [1.29, 1.82) is 0 Å². The maximum Gasteiger partial charge on any atom is 0.307 e. The molecule has 0 atom stereocenters. The number of carboxylic acid groups (broad SMARTS) is 1. The summed E-state index contributed by atoms with van der Waals surface area (Å²) in [7, 11) is 0. The molecular formula is C12H11F2N3O2. The largest absolute Gasteiger partial charge is 0.481 e. The number of aryl methyl sites for hydroxylation is 1. The maximum absolute atomic E-state index is 13.6. The Kier molecular flexibility index (Phi) is 3.28. The van der Waals surface area contributed by atoms with E-state index in [4.69, 9.17) is 5.11 Å². The Hall–Kier alpha value is -2.31. The molecule has 0 radical (unpaired) electrons. The van der Waals surface area contributed by atoms with Gasteiger partial charge in [0.25, 0.3) is 0 Å². The van der Waals surface area contributed by atoms with Crippen LogP contribution in [-0.2, 0) is 11.2 Å². The highest BCUT2D eigenvalue weighted by molar-refractivity contribution is 5.71. The molecule has 0 spiro atoms. The zero-order valence-electron chi connectivity index (χ0n) is 10.3. The van der Waals surface area contributed by atoms with Crippen LogP contribution in [-0.4, -0.2) is 25.8 Å². The highest BCUT2D eigenvalue weighted by atomic mass is 19.1. The van der Waals surface area contributed by atoms with Gasteiger partial charge in [-0.15, -0.1) is 0 Å². The fraction of sp³-hybridized carbons (Fsp3) is 0.250. The van der Waals surface area contributed by atoms with Gasteiger partial charge in [-0.1, -0.05) is 0 Å². The SMILES string of the molecule is Cc1nn(-c2ncc(F)cc2F)c(C)c1CC(=O)O. The molecule has 1 N–H and O–H groups in total. The molecule has 7 heteroatoms. The van der Waals surface area contributed by atoms with Crippen molar-refractivity contribution in [2.45, 2.75) is 20.3 Å². The Balaban J connectivity index is 2.54. The number of hydrogen-bond acceptors (Lipinski definition) is 3. The van der Waals surface area contributed by atoms with Crippen molar-refractivity contribution in [2.24, 2.45) is 0 Å². The smallest absolute Gasteiger partial charge is 0.307 e. The minimum atomic E-state index is -1.00. The van der Waals surface area contributed by atoms with Gasteiger partial charge in [0.05, 0.1) is 18.3 Å². The second-order valence-corrected chi connectivity index (χ2v) is 4.09. The fourth-order valence-electron chi connectivity index (χ4n) is 1.85. The van der Waals surface area contributed by atoms with Crippen LogP contribution in [0.3, 0.4) is 0 Å². The quantitative estimate of drug-likeness (QED) is 0.920. The monoisotopic (exact) mass is 267 g/mol. The van der Waals surface area contributed by atoms with Crippen LogP contribution < -0.4 is 0 Å². The lowest BCUT2D eigenvalue weighted by molar-refractivity contribution is -0.136. The molecule has 0 aliphatic heterocycles. The summed E-state index contributed by atoms with van der Waals surface area (Å²) in [4.78, 5) is 14.4. The first kappa shape index (κ1) is 13.1. The molecule has 0 bridgehead atoms. The zero-order valence-corrected chi connectivity index (χ0v) is 10.3. The van der Waals surface area contributed by atoms with Crippen molar-refractivity contribution in [3.63, 3.8) is 0 Å². The molecule has 19 heavy (non-hydrogen) atoms. The first-order chi connectivity index (χ1) is 8.90. The Labute approximate surface area is 107 Å². The van der Waals surface area contributed by atoms with Crippen molar-refractivity contribution < 1.29 is 18.7 Å². The summed E-state index contributed by atoms with van der Waals surface area (Å²) >= 11 is 0. The average molecular weight is 267 g/mol. The molecule has 0 fully saturated rings. The van der Waals surface area contributed by atoms with Crippen LogP contribution in [0.1, 0.15) is 17.0 Å². The van der Waals surface area contributed by atoms with Gasteiger partial charge in [0, 0.05) is 17.3 Å². The highest BCUT2D eigenvalue weighted by Crippen LogP contribution is 2.19. The number of nitrogens with zero attached hydrogens (tertiary/aromatic N) is 3. The molecule has 2 rings (SSSR count). The molecule has 0 amide bonds. The summed E-state index contributed by atoms with van der Waals surface area (Å²) in [5.41, 5.74) is 1.45. The molecule has 0 unspecified atom stereocenters. The van der Waals surface area contributed by atoms with Gasteiger partial charge in [0.1, 0.15) is 5.82 Å². The van der Waals surface area contributed by atoms with E-state index < -0.39 is 17.6 Å². The fourth-order valence-corrected chi connectivity index (χ4v) is 1.85. The number of aliphatic carboxylic acids is 1. The molecule has 0 aliphatic rings. The van der Waals surface area contributed by atoms with Crippen LogP contribution in [0.4, 0.5) is 8.78 Å². The molecule has 0 aliphatic carbocycles. The number of carbonyl (C=O) groups is 1. The molecule has 100 valence electrons. The van der Waals surface area contributed by atoms with Crippen LogP contribution >= 0.6 is 0 Å². The number of pyridine rings is 1. The van der Waals surface area contributed by atoms with Gasteiger partial charge >= 0.3 is 5.97 Å². The summed E-state index contributed by atoms with van der Waals surface area (Å²) < 4.78 is 27.6. The first-order valence-electron chi connectivity index (χ1n) is 5.48. The van der Waals surface area contributed by atoms with Crippen LogP contribution in [0, 0.1) is 25.5 Å². The van der Waals surface area contributed by atoms with Gasteiger partial charge in [0.2, 0.25) is 0 Å². The summed E-state index contributed by atoms with van der Waals surface area (Å²) in [5, 5.41) is 12.9. The van der Waals surface area contributed by atoms with Crippen molar-refractivity contribution in [2.75, 3.05) is 0 Å². The minimum Gasteiger partial charge on any atom is -0.481 e. The molecule has 0 saturated heterocycles. The normalized spacial score (nSPS) is 10.7. The van der Waals surface area contributed by atoms with Gasteiger partial charge in [-0.3, -0.25) is 4.79 Å². The Morgan fingerprint density at radius 3 is 2.68 bits per heavy atom. The summed E-state index contributed by atoms with van der Waals surface area (Å²) in [6.45, 7) is 3.24. The lowest BCUT2D eigenvalue weighted by Gasteiger charge is -2.05. The van der Waals surface area contributed by atoms with E-state index in [9.17, 15) is 13.6 Å². The van der Waals surface area contributed by atoms with E-state index in [1.165, 1.54) is 4.68 Å². The zero-order chi connectivity index (χ0) is 14.2. The van der Waals surface area contributed by atoms with E-state index >= 15 is 0 Å². The van der Waals surface area contributed by atoms with E-state index in [0.717, 1.165) is 6.20 Å². The Morgan fingerprint density at radius 1 is 1.42 bits per heavy atom. The van der Waals surface area contributed by atoms with E-state index in [2.05, 4.69) is 10.1 Å². The van der Waals surface area contributed by atoms with Gasteiger partial charge in [-0.2, -0.15) is 5.10 Å². The van der Waals surface area contributed by atoms with Crippen molar-refractivity contribution in [3.05, 3.63) is 40.8 Å². The summed E-state index contributed by atoms with van der Waals surface area (Å²) in [6.07, 6.45) is 0.673. The van der Waals surface area contributed by atoms with Gasteiger partial charge in [-0.25, -0.2) is 18.4 Å². The minimum absolute atomic E-state index is 0.154. The molecule has 0 saturated carbocycles. The topological polar surface area (TPSA) is 68.0 Å². The van der Waals surface area contributed by atoms with Gasteiger partial charge in [-0.05, 0) is 13.8 Å². The number of rotatable bonds is 3. The number of hydrogen-bond donors (Lipinski definition) is 1. The van der Waals surface area contributed by atoms with E-state index in [0.29, 0.717) is 23.0 Å². The maximum atomic E-state index is 13.6. The second-order valence-electron chi connectivity index (χ2n) is 4.09. The van der Waals surface area contributed by atoms with E-state index in [1.54, 1.807) is 13.8 Å². The van der Waals surface area contributed by atoms with E-state index in [-0.39, 0.29) is 12.2 Å². The lowest BCUT2D eigenvalue weighted by Crippen LogP contribution is -2.07. The molecule has 2 aromatic heterocycles. The van der Waals surface area contributed by atoms with Gasteiger partial charge < -0.3 is 5.11 Å². The Morgan fingerprint density at radius 2 is 2.11 bits per heavy atom. The number of halogens is 2. The standard InChI is InChI=1S/C12H11F2N3O2/c1-6-9(4-11(18)19)7(2)17(16-6)12-10(14)3-8(13)5-15-12/h3,5H,4H2,1-2H3,(H,18,19).